The molecule has 0 nitrogen and oxygen atoms in total. The van der Waals surface area contributed by atoms with E-state index in [1.54, 1.807) is 0 Å². The van der Waals surface area contributed by atoms with E-state index < -0.39 is 56.4 Å². The second-order valence-electron chi connectivity index (χ2n) is 4.22. The lowest BCUT2D eigenvalue weighted by atomic mass is 10.00. The van der Waals surface area contributed by atoms with Gasteiger partial charge in [-0.3, -0.25) is 0 Å². The third-order valence-electron chi connectivity index (χ3n) is 3.09. The third-order valence-corrected chi connectivity index (χ3v) is 3.09. The minimum Gasteiger partial charge on any atom is -0.206 e. The van der Waals surface area contributed by atoms with E-state index in [-0.39, 0.29) is 12.1 Å². The number of halogens is 6. The highest BCUT2D eigenvalue weighted by molar-refractivity contribution is 6.08. The summed E-state index contributed by atoms with van der Waals surface area (Å²) in [4.78, 5) is 0. The molecule has 0 saturated carbocycles. The summed E-state index contributed by atoms with van der Waals surface area (Å²) in [5.74, 6) is -8.54. The number of benzene rings is 3. The van der Waals surface area contributed by atoms with Crippen molar-refractivity contribution < 1.29 is 26.3 Å². The molecule has 0 N–H and O–H groups in total. The van der Waals surface area contributed by atoms with Gasteiger partial charge in [-0.1, -0.05) is 12.1 Å². The minimum atomic E-state index is -1.56. The normalized spacial score (nSPS) is 11.5. The molecule has 20 heavy (non-hydrogen) atoms. The van der Waals surface area contributed by atoms with Crippen LogP contribution in [0.2, 0.25) is 0 Å². The first-order chi connectivity index (χ1) is 9.41. The molecule has 0 spiro atoms. The average Bonchev–Trinajstić information content (AvgIpc) is 2.41. The number of fused-ring (bicyclic) bond motifs is 3. The molecular weight excluding hydrogens is 282 g/mol. The van der Waals surface area contributed by atoms with E-state index in [1.165, 1.54) is 0 Å². The Labute approximate surface area is 108 Å². The Kier molecular flexibility index (Phi) is 2.64. The Hall–Kier alpha value is -2.24. The average molecular weight is 286 g/mol. The smallest absolute Gasteiger partial charge is 0.167 e. The van der Waals surface area contributed by atoms with Crippen LogP contribution in [-0.4, -0.2) is 0 Å². The quantitative estimate of drug-likeness (QED) is 0.315. The SMILES string of the molecule is Fc1cc(F)c2ccc3c(F)cc(F)c(F)c3c2c1F. The Morgan fingerprint density at radius 1 is 0.500 bits per heavy atom. The maximum atomic E-state index is 13.8. The maximum absolute atomic E-state index is 13.8. The van der Waals surface area contributed by atoms with Gasteiger partial charge < -0.3 is 0 Å². The lowest BCUT2D eigenvalue weighted by Crippen LogP contribution is -1.97. The van der Waals surface area contributed by atoms with Gasteiger partial charge in [0.25, 0.3) is 0 Å². The van der Waals surface area contributed by atoms with Crippen LogP contribution in [0.25, 0.3) is 21.5 Å². The standard InChI is InChI=1S/C14H4F6/c15-7-3-9(17)13(19)11-5(7)1-2-6-8(16)4-10(18)14(20)12(6)11/h1-4H. The summed E-state index contributed by atoms with van der Waals surface area (Å²) < 4.78 is 81.2. The molecule has 6 heteroatoms. The fraction of sp³-hybridized carbons (Fsp3) is 0. The molecule has 0 atom stereocenters. The first kappa shape index (κ1) is 12.8. The van der Waals surface area contributed by atoms with E-state index >= 15 is 0 Å². The minimum absolute atomic E-state index is 0.289. The van der Waals surface area contributed by atoms with Gasteiger partial charge in [0, 0.05) is 33.7 Å². The zero-order valence-electron chi connectivity index (χ0n) is 9.58. The monoisotopic (exact) mass is 286 g/mol. The van der Waals surface area contributed by atoms with E-state index in [4.69, 9.17) is 0 Å². The molecule has 0 bridgehead atoms. The van der Waals surface area contributed by atoms with Gasteiger partial charge in [0.1, 0.15) is 11.6 Å². The van der Waals surface area contributed by atoms with Crippen LogP contribution in [0.3, 0.4) is 0 Å². The topological polar surface area (TPSA) is 0 Å². The van der Waals surface area contributed by atoms with Gasteiger partial charge >= 0.3 is 0 Å². The molecule has 0 fully saturated rings. The Balaban J connectivity index is 2.72. The lowest BCUT2D eigenvalue weighted by Gasteiger charge is -2.09. The van der Waals surface area contributed by atoms with Crippen LogP contribution in [0.5, 0.6) is 0 Å². The van der Waals surface area contributed by atoms with Crippen molar-refractivity contribution in [2.45, 2.75) is 0 Å². The van der Waals surface area contributed by atoms with Crippen LogP contribution in [-0.2, 0) is 0 Å². The largest absolute Gasteiger partial charge is 0.206 e. The second kappa shape index (κ2) is 4.13. The summed E-state index contributed by atoms with van der Waals surface area (Å²) in [6.45, 7) is 0. The Morgan fingerprint density at radius 2 is 0.850 bits per heavy atom. The van der Waals surface area contributed by atoms with E-state index in [2.05, 4.69) is 0 Å². The summed E-state index contributed by atoms with van der Waals surface area (Å²) in [6.07, 6.45) is 0. The number of rotatable bonds is 0. The van der Waals surface area contributed by atoms with E-state index in [1.807, 2.05) is 0 Å². The summed E-state index contributed by atoms with van der Waals surface area (Å²) in [5, 5.41) is -2.56. The van der Waals surface area contributed by atoms with Crippen LogP contribution in [0.4, 0.5) is 26.3 Å². The van der Waals surface area contributed by atoms with Crippen molar-refractivity contribution >= 4 is 21.5 Å². The molecule has 0 amide bonds. The molecule has 0 radical (unpaired) electrons. The molecular formula is C14H4F6. The van der Waals surface area contributed by atoms with Crippen molar-refractivity contribution in [3.63, 3.8) is 0 Å². The molecule has 0 aromatic heterocycles. The van der Waals surface area contributed by atoms with Crippen LogP contribution >= 0.6 is 0 Å². The Morgan fingerprint density at radius 3 is 1.20 bits per heavy atom. The molecule has 0 aliphatic heterocycles. The van der Waals surface area contributed by atoms with Gasteiger partial charge in [0.05, 0.1) is 0 Å². The van der Waals surface area contributed by atoms with Crippen LogP contribution < -0.4 is 0 Å². The number of hydrogen-bond acceptors (Lipinski definition) is 0. The van der Waals surface area contributed by atoms with Gasteiger partial charge in [-0.15, -0.1) is 0 Å². The summed E-state index contributed by atoms with van der Waals surface area (Å²) in [6, 6.07) is 2.54. The summed E-state index contributed by atoms with van der Waals surface area (Å²) in [7, 11) is 0. The molecule has 3 rings (SSSR count). The number of hydrogen-bond donors (Lipinski definition) is 0. The van der Waals surface area contributed by atoms with Crippen molar-refractivity contribution in [1.29, 1.82) is 0 Å². The predicted octanol–water partition coefficient (Wildman–Crippen LogP) is 4.83. The lowest BCUT2D eigenvalue weighted by molar-refractivity contribution is 0.500. The van der Waals surface area contributed by atoms with Gasteiger partial charge in [0.2, 0.25) is 0 Å². The highest BCUT2D eigenvalue weighted by Gasteiger charge is 2.21. The fourth-order valence-electron chi connectivity index (χ4n) is 2.20. The van der Waals surface area contributed by atoms with Crippen LogP contribution in [0, 0.1) is 34.9 Å². The van der Waals surface area contributed by atoms with Crippen LogP contribution in [0.1, 0.15) is 0 Å². The molecule has 0 aliphatic rings. The zero-order valence-corrected chi connectivity index (χ0v) is 9.58. The van der Waals surface area contributed by atoms with Crippen molar-refractivity contribution in [3.8, 4) is 0 Å². The van der Waals surface area contributed by atoms with E-state index in [0.29, 0.717) is 0 Å². The van der Waals surface area contributed by atoms with Gasteiger partial charge in [-0.05, 0) is 0 Å². The fourth-order valence-corrected chi connectivity index (χ4v) is 2.20. The molecule has 0 aliphatic carbocycles. The van der Waals surface area contributed by atoms with Gasteiger partial charge in [-0.2, -0.15) is 0 Å². The predicted molar refractivity (Wildman–Crippen MR) is 61.2 cm³/mol. The van der Waals surface area contributed by atoms with E-state index in [9.17, 15) is 26.3 Å². The first-order valence-electron chi connectivity index (χ1n) is 5.45. The molecule has 3 aromatic rings. The molecule has 0 unspecified atom stereocenters. The molecule has 102 valence electrons. The molecule has 0 saturated heterocycles. The maximum Gasteiger partial charge on any atom is 0.167 e. The zero-order chi connectivity index (χ0) is 14.6. The highest BCUT2D eigenvalue weighted by Crippen LogP contribution is 2.34. The summed E-state index contributed by atoms with van der Waals surface area (Å²) >= 11 is 0. The second-order valence-corrected chi connectivity index (χ2v) is 4.22. The van der Waals surface area contributed by atoms with Gasteiger partial charge in [0.15, 0.2) is 23.3 Å². The molecule has 0 heterocycles. The van der Waals surface area contributed by atoms with Crippen molar-refractivity contribution in [3.05, 3.63) is 59.2 Å². The van der Waals surface area contributed by atoms with Crippen molar-refractivity contribution in [2.75, 3.05) is 0 Å². The van der Waals surface area contributed by atoms with E-state index in [0.717, 1.165) is 12.1 Å². The highest BCUT2D eigenvalue weighted by atomic mass is 19.2. The van der Waals surface area contributed by atoms with Gasteiger partial charge in [-0.25, -0.2) is 26.3 Å². The van der Waals surface area contributed by atoms with Crippen molar-refractivity contribution in [1.82, 2.24) is 0 Å². The first-order valence-corrected chi connectivity index (χ1v) is 5.45. The molecule has 3 aromatic carbocycles. The Bertz CT molecular complexity index is 796. The van der Waals surface area contributed by atoms with Crippen LogP contribution in [0.15, 0.2) is 24.3 Å². The summed E-state index contributed by atoms with van der Waals surface area (Å²) in [5.41, 5.74) is 0. The third kappa shape index (κ3) is 1.57. The van der Waals surface area contributed by atoms with Crippen molar-refractivity contribution in [2.24, 2.45) is 0 Å².